The average molecular weight is 262 g/mol. The number of rotatable bonds is 5. The zero-order valence-corrected chi connectivity index (χ0v) is 12.7. The van der Waals surface area contributed by atoms with Gasteiger partial charge in [0.25, 0.3) is 0 Å². The van der Waals surface area contributed by atoms with Crippen molar-refractivity contribution in [3.63, 3.8) is 0 Å². The second-order valence-corrected chi connectivity index (χ2v) is 6.47. The molecule has 1 nitrogen and oxygen atoms in total. The zero-order valence-electron chi connectivity index (χ0n) is 11.9. The summed E-state index contributed by atoms with van der Waals surface area (Å²) in [6.45, 7) is 10.4. The highest BCUT2D eigenvalue weighted by molar-refractivity contribution is 7.10. The van der Waals surface area contributed by atoms with E-state index in [-0.39, 0.29) is 5.41 Å². The lowest BCUT2D eigenvalue weighted by atomic mass is 9.79. The first-order chi connectivity index (χ1) is 8.37. The van der Waals surface area contributed by atoms with Gasteiger partial charge in [-0.15, -0.1) is 11.3 Å². The van der Waals surface area contributed by atoms with Gasteiger partial charge < -0.3 is 0 Å². The minimum Gasteiger partial charge on any atom is -0.298 e. The normalized spacial score (nSPS) is 15.1. The van der Waals surface area contributed by atoms with Crippen molar-refractivity contribution in [3.8, 4) is 0 Å². The standard InChI is InChI=1S/C16H22OS/c1-12(2)6-7-16(5,9-13(3)10-17)15-8-14(4)18-11-15/h6,8-11H,7H2,1-5H3/b13-9+. The lowest BCUT2D eigenvalue weighted by molar-refractivity contribution is -0.104. The van der Waals surface area contributed by atoms with Crippen LogP contribution in [0.5, 0.6) is 0 Å². The van der Waals surface area contributed by atoms with E-state index in [1.54, 1.807) is 11.3 Å². The number of aldehydes is 1. The first-order valence-corrected chi connectivity index (χ1v) is 7.09. The monoisotopic (exact) mass is 262 g/mol. The van der Waals surface area contributed by atoms with Gasteiger partial charge >= 0.3 is 0 Å². The highest BCUT2D eigenvalue weighted by Gasteiger charge is 2.24. The number of hydrogen-bond acceptors (Lipinski definition) is 2. The van der Waals surface area contributed by atoms with Crippen LogP contribution >= 0.6 is 11.3 Å². The molecular weight excluding hydrogens is 240 g/mol. The van der Waals surface area contributed by atoms with Crippen molar-refractivity contribution in [2.24, 2.45) is 0 Å². The summed E-state index contributed by atoms with van der Waals surface area (Å²) in [5.74, 6) is 0. The lowest BCUT2D eigenvalue weighted by Crippen LogP contribution is -2.18. The molecule has 2 heteroatoms. The van der Waals surface area contributed by atoms with Gasteiger partial charge in [-0.3, -0.25) is 4.79 Å². The van der Waals surface area contributed by atoms with Crippen LogP contribution in [-0.2, 0) is 10.2 Å². The van der Waals surface area contributed by atoms with Crippen molar-refractivity contribution in [1.82, 2.24) is 0 Å². The maximum Gasteiger partial charge on any atom is 0.145 e. The fourth-order valence-electron chi connectivity index (χ4n) is 1.96. The Balaban J connectivity index is 3.16. The molecular formula is C16H22OS. The van der Waals surface area contributed by atoms with Crippen molar-refractivity contribution in [3.05, 3.63) is 45.2 Å². The first kappa shape index (κ1) is 14.9. The van der Waals surface area contributed by atoms with Gasteiger partial charge in [0.2, 0.25) is 0 Å². The van der Waals surface area contributed by atoms with Crippen LogP contribution in [0.25, 0.3) is 0 Å². The van der Waals surface area contributed by atoms with Crippen molar-refractivity contribution < 1.29 is 4.79 Å². The van der Waals surface area contributed by atoms with Gasteiger partial charge in [-0.05, 0) is 56.7 Å². The van der Waals surface area contributed by atoms with Crippen molar-refractivity contribution in [2.45, 2.75) is 46.5 Å². The third-order valence-electron chi connectivity index (χ3n) is 3.06. The number of carbonyl (C=O) groups is 1. The van der Waals surface area contributed by atoms with Crippen LogP contribution in [0.1, 0.15) is 44.6 Å². The van der Waals surface area contributed by atoms with E-state index in [1.807, 2.05) is 6.92 Å². The van der Waals surface area contributed by atoms with Crippen LogP contribution in [0.4, 0.5) is 0 Å². The quantitative estimate of drug-likeness (QED) is 0.422. The van der Waals surface area contributed by atoms with Crippen molar-refractivity contribution in [2.75, 3.05) is 0 Å². The van der Waals surface area contributed by atoms with E-state index in [0.717, 1.165) is 18.3 Å². The molecule has 0 spiro atoms. The van der Waals surface area contributed by atoms with Crippen LogP contribution in [0.3, 0.4) is 0 Å². The molecule has 1 unspecified atom stereocenters. The van der Waals surface area contributed by atoms with Crippen LogP contribution in [0.15, 0.2) is 34.7 Å². The highest BCUT2D eigenvalue weighted by Crippen LogP contribution is 2.34. The van der Waals surface area contributed by atoms with E-state index in [9.17, 15) is 4.79 Å². The number of thiophene rings is 1. The van der Waals surface area contributed by atoms with Gasteiger partial charge in [-0.1, -0.05) is 24.6 Å². The number of carbonyl (C=O) groups excluding carboxylic acids is 1. The molecule has 0 saturated heterocycles. The molecule has 0 saturated carbocycles. The summed E-state index contributed by atoms with van der Waals surface area (Å²) in [4.78, 5) is 12.2. The highest BCUT2D eigenvalue weighted by atomic mass is 32.1. The molecule has 1 heterocycles. The van der Waals surface area contributed by atoms with Crippen LogP contribution in [-0.4, -0.2) is 6.29 Å². The Morgan fingerprint density at radius 1 is 1.39 bits per heavy atom. The van der Waals surface area contributed by atoms with Crippen LogP contribution in [0, 0.1) is 6.92 Å². The van der Waals surface area contributed by atoms with E-state index < -0.39 is 0 Å². The molecule has 0 bridgehead atoms. The van der Waals surface area contributed by atoms with Gasteiger partial charge in [0.15, 0.2) is 0 Å². The molecule has 0 aliphatic heterocycles. The molecule has 1 aromatic heterocycles. The molecule has 0 radical (unpaired) electrons. The summed E-state index contributed by atoms with van der Waals surface area (Å²) < 4.78 is 0. The summed E-state index contributed by atoms with van der Waals surface area (Å²) >= 11 is 1.76. The third kappa shape index (κ3) is 3.95. The fourth-order valence-corrected chi connectivity index (χ4v) is 2.80. The molecule has 0 aliphatic carbocycles. The van der Waals surface area contributed by atoms with Gasteiger partial charge in [0.05, 0.1) is 0 Å². The molecule has 0 aromatic carbocycles. The second kappa shape index (κ2) is 6.14. The Hall–Kier alpha value is -1.15. The van der Waals surface area contributed by atoms with Gasteiger partial charge in [0.1, 0.15) is 6.29 Å². The predicted octanol–water partition coefficient (Wildman–Crippen LogP) is 4.82. The van der Waals surface area contributed by atoms with Gasteiger partial charge in [-0.25, -0.2) is 0 Å². The maximum atomic E-state index is 10.9. The average Bonchev–Trinajstić information content (AvgIpc) is 2.74. The molecule has 0 N–H and O–H groups in total. The zero-order chi connectivity index (χ0) is 13.8. The Bertz CT molecular complexity index is 475. The minimum atomic E-state index is -0.0903. The topological polar surface area (TPSA) is 17.1 Å². The summed E-state index contributed by atoms with van der Waals surface area (Å²) in [6.07, 6.45) is 6.18. The van der Waals surface area contributed by atoms with E-state index in [1.165, 1.54) is 16.0 Å². The first-order valence-electron chi connectivity index (χ1n) is 6.21. The largest absolute Gasteiger partial charge is 0.298 e. The van der Waals surface area contributed by atoms with E-state index in [2.05, 4.69) is 51.3 Å². The van der Waals surface area contributed by atoms with Crippen molar-refractivity contribution in [1.29, 1.82) is 0 Å². The van der Waals surface area contributed by atoms with Gasteiger partial charge in [-0.2, -0.15) is 0 Å². The molecule has 1 aromatic rings. The number of allylic oxidation sites excluding steroid dienone is 4. The third-order valence-corrected chi connectivity index (χ3v) is 3.92. The van der Waals surface area contributed by atoms with Crippen LogP contribution < -0.4 is 0 Å². The Kier molecular flexibility index (Phi) is 5.09. The van der Waals surface area contributed by atoms with Gasteiger partial charge in [0, 0.05) is 10.3 Å². The molecule has 0 fully saturated rings. The molecule has 1 atom stereocenters. The SMILES string of the molecule is CC(C)=CCC(C)(/C=C(\C)C=O)c1csc(C)c1. The van der Waals surface area contributed by atoms with E-state index in [0.29, 0.717) is 0 Å². The Labute approximate surface area is 114 Å². The summed E-state index contributed by atoms with van der Waals surface area (Å²) in [6, 6.07) is 2.22. The Morgan fingerprint density at radius 3 is 2.50 bits per heavy atom. The predicted molar refractivity (Wildman–Crippen MR) is 80.3 cm³/mol. The minimum absolute atomic E-state index is 0.0903. The molecule has 0 aliphatic rings. The fraction of sp³-hybridized carbons (Fsp3) is 0.438. The maximum absolute atomic E-state index is 10.9. The molecule has 1 rings (SSSR count). The number of aryl methyl sites for hydroxylation is 1. The molecule has 0 amide bonds. The molecule has 98 valence electrons. The smallest absolute Gasteiger partial charge is 0.145 e. The van der Waals surface area contributed by atoms with Crippen LogP contribution in [0.2, 0.25) is 0 Å². The summed E-state index contributed by atoms with van der Waals surface area (Å²) in [7, 11) is 0. The Morgan fingerprint density at radius 2 is 2.06 bits per heavy atom. The lowest BCUT2D eigenvalue weighted by Gasteiger charge is -2.25. The van der Waals surface area contributed by atoms with E-state index >= 15 is 0 Å². The summed E-state index contributed by atoms with van der Waals surface area (Å²) in [5.41, 5.74) is 3.31. The summed E-state index contributed by atoms with van der Waals surface area (Å²) in [5, 5.41) is 2.20. The van der Waals surface area contributed by atoms with Crippen molar-refractivity contribution >= 4 is 17.6 Å². The van der Waals surface area contributed by atoms with E-state index in [4.69, 9.17) is 0 Å². The number of hydrogen-bond donors (Lipinski definition) is 0. The second-order valence-electron chi connectivity index (χ2n) is 5.36. The molecule has 18 heavy (non-hydrogen) atoms.